The van der Waals surface area contributed by atoms with Crippen LogP contribution < -0.4 is 20.1 Å². The zero-order valence-corrected chi connectivity index (χ0v) is 16.3. The van der Waals surface area contributed by atoms with Crippen LogP contribution in [0.1, 0.15) is 31.2 Å². The van der Waals surface area contributed by atoms with Crippen LogP contribution in [-0.2, 0) is 11.3 Å². The first kappa shape index (κ1) is 20.4. The smallest absolute Gasteiger partial charge is 0.315 e. The van der Waals surface area contributed by atoms with E-state index < -0.39 is 5.97 Å². The largest absolute Gasteiger partial charge is 0.497 e. The van der Waals surface area contributed by atoms with Crippen molar-refractivity contribution in [2.45, 2.75) is 38.3 Å². The van der Waals surface area contributed by atoms with Crippen molar-refractivity contribution in [2.24, 2.45) is 5.92 Å². The van der Waals surface area contributed by atoms with Gasteiger partial charge in [0.25, 0.3) is 0 Å². The molecule has 29 heavy (non-hydrogen) atoms. The Kier molecular flexibility index (Phi) is 6.89. The Balaban J connectivity index is 1.53. The van der Waals surface area contributed by atoms with Crippen LogP contribution in [0, 0.1) is 5.92 Å². The molecule has 154 valence electrons. The van der Waals surface area contributed by atoms with Crippen molar-refractivity contribution in [3.8, 4) is 17.4 Å². The molecule has 3 N–H and O–H groups in total. The predicted octanol–water partition coefficient (Wildman–Crippen LogP) is 3.33. The van der Waals surface area contributed by atoms with Gasteiger partial charge in [0, 0.05) is 30.4 Å². The summed E-state index contributed by atoms with van der Waals surface area (Å²) in [5.74, 6) is 0.609. The maximum absolute atomic E-state index is 12.2. The number of aliphatic carboxylic acids is 1. The van der Waals surface area contributed by atoms with Gasteiger partial charge in [-0.2, -0.15) is 0 Å². The number of amides is 2. The van der Waals surface area contributed by atoms with Crippen LogP contribution in [0.15, 0.2) is 42.6 Å². The molecule has 1 aliphatic rings. The highest BCUT2D eigenvalue weighted by atomic mass is 16.5. The minimum absolute atomic E-state index is 0.00741. The Morgan fingerprint density at radius 3 is 2.62 bits per heavy atom. The summed E-state index contributed by atoms with van der Waals surface area (Å²) in [6.45, 7) is 0.253. The van der Waals surface area contributed by atoms with Crippen LogP contribution >= 0.6 is 0 Å². The number of carboxylic acids is 1. The van der Waals surface area contributed by atoms with Gasteiger partial charge in [0.05, 0.1) is 13.0 Å². The minimum atomic E-state index is -0.756. The lowest BCUT2D eigenvalue weighted by Gasteiger charge is -2.26. The first-order chi connectivity index (χ1) is 14.0. The second-order valence-electron chi connectivity index (χ2n) is 6.96. The third kappa shape index (κ3) is 5.84. The van der Waals surface area contributed by atoms with Crippen molar-refractivity contribution in [3.63, 3.8) is 0 Å². The van der Waals surface area contributed by atoms with Gasteiger partial charge in [-0.15, -0.1) is 0 Å². The van der Waals surface area contributed by atoms with Gasteiger partial charge < -0.3 is 25.2 Å². The van der Waals surface area contributed by atoms with Crippen LogP contribution in [0.5, 0.6) is 17.4 Å². The number of hydrogen-bond donors (Lipinski definition) is 3. The lowest BCUT2D eigenvalue weighted by molar-refractivity contribution is -0.142. The predicted molar refractivity (Wildman–Crippen MR) is 106 cm³/mol. The van der Waals surface area contributed by atoms with E-state index in [2.05, 4.69) is 15.6 Å². The number of hydrogen-bond acceptors (Lipinski definition) is 5. The fourth-order valence-electron chi connectivity index (χ4n) is 3.32. The average molecular weight is 399 g/mol. The number of carboxylic acid groups (broad SMARTS) is 1. The quantitative estimate of drug-likeness (QED) is 0.659. The van der Waals surface area contributed by atoms with Crippen molar-refractivity contribution in [2.75, 3.05) is 7.11 Å². The van der Waals surface area contributed by atoms with Crippen LogP contribution in [-0.4, -0.2) is 35.2 Å². The van der Waals surface area contributed by atoms with Gasteiger partial charge in [0.15, 0.2) is 0 Å². The Hall–Kier alpha value is -3.29. The van der Waals surface area contributed by atoms with Crippen LogP contribution in [0.25, 0.3) is 0 Å². The normalized spacial score (nSPS) is 18.5. The molecular weight excluding hydrogens is 374 g/mol. The Morgan fingerprint density at radius 1 is 1.14 bits per heavy atom. The first-order valence-corrected chi connectivity index (χ1v) is 9.58. The molecule has 1 heterocycles. The van der Waals surface area contributed by atoms with E-state index in [0.717, 1.165) is 5.56 Å². The van der Waals surface area contributed by atoms with Crippen LogP contribution in [0.3, 0.4) is 0 Å². The SMILES string of the molecule is COc1cccc(Oc2ncccc2CNC(=O)NC2CCC(C(=O)O)CC2)c1. The molecule has 0 bridgehead atoms. The summed E-state index contributed by atoms with van der Waals surface area (Å²) in [6, 6.07) is 10.5. The molecule has 1 fully saturated rings. The maximum Gasteiger partial charge on any atom is 0.315 e. The van der Waals surface area contributed by atoms with Crippen molar-refractivity contribution < 1.29 is 24.2 Å². The number of urea groups is 1. The molecule has 1 aromatic heterocycles. The number of rotatable bonds is 7. The summed E-state index contributed by atoms with van der Waals surface area (Å²) >= 11 is 0. The van der Waals surface area contributed by atoms with E-state index in [4.69, 9.17) is 14.6 Å². The van der Waals surface area contributed by atoms with Gasteiger partial charge in [-0.05, 0) is 43.9 Å². The highest BCUT2D eigenvalue weighted by molar-refractivity contribution is 5.74. The number of nitrogens with zero attached hydrogens (tertiary/aromatic N) is 1. The molecule has 1 saturated carbocycles. The van der Waals surface area contributed by atoms with Crippen molar-refractivity contribution >= 4 is 12.0 Å². The Labute approximate surface area is 169 Å². The van der Waals surface area contributed by atoms with E-state index in [1.165, 1.54) is 0 Å². The number of nitrogens with one attached hydrogen (secondary N) is 2. The number of methoxy groups -OCH3 is 1. The van der Waals surface area contributed by atoms with Crippen LogP contribution in [0.2, 0.25) is 0 Å². The zero-order chi connectivity index (χ0) is 20.6. The molecule has 0 atom stereocenters. The molecule has 2 amide bonds. The van der Waals surface area contributed by atoms with Gasteiger partial charge in [-0.1, -0.05) is 12.1 Å². The van der Waals surface area contributed by atoms with Gasteiger partial charge in [0.1, 0.15) is 11.5 Å². The highest BCUT2D eigenvalue weighted by Crippen LogP contribution is 2.26. The van der Waals surface area contributed by atoms with Gasteiger partial charge in [0.2, 0.25) is 5.88 Å². The topological polar surface area (TPSA) is 110 Å². The van der Waals surface area contributed by atoms with E-state index in [9.17, 15) is 9.59 Å². The van der Waals surface area contributed by atoms with Crippen molar-refractivity contribution in [3.05, 3.63) is 48.2 Å². The standard InChI is InChI=1S/C21H25N3O5/c1-28-17-5-2-6-18(12-17)29-19-15(4-3-11-22-19)13-23-21(27)24-16-9-7-14(8-10-16)20(25)26/h2-6,11-12,14,16H,7-10,13H2,1H3,(H,25,26)(H2,23,24,27). The summed E-state index contributed by atoms with van der Waals surface area (Å²) < 4.78 is 11.0. The number of pyridine rings is 1. The molecule has 1 aliphatic carbocycles. The molecule has 0 saturated heterocycles. The van der Waals surface area contributed by atoms with Gasteiger partial charge >= 0.3 is 12.0 Å². The molecular formula is C21H25N3O5. The molecule has 1 aromatic carbocycles. The number of carbonyl (C=O) groups excluding carboxylic acids is 1. The fourth-order valence-corrected chi connectivity index (χ4v) is 3.32. The fraction of sp³-hybridized carbons (Fsp3) is 0.381. The molecule has 0 aliphatic heterocycles. The minimum Gasteiger partial charge on any atom is -0.497 e. The summed E-state index contributed by atoms with van der Waals surface area (Å²) in [5.41, 5.74) is 0.736. The second-order valence-corrected chi connectivity index (χ2v) is 6.96. The third-order valence-corrected chi connectivity index (χ3v) is 4.96. The lowest BCUT2D eigenvalue weighted by Crippen LogP contribution is -2.43. The van der Waals surface area contributed by atoms with E-state index >= 15 is 0 Å². The second kappa shape index (κ2) is 9.77. The van der Waals surface area contributed by atoms with Crippen LogP contribution in [0.4, 0.5) is 4.79 Å². The van der Waals surface area contributed by atoms with Crippen molar-refractivity contribution in [1.82, 2.24) is 15.6 Å². The highest BCUT2D eigenvalue weighted by Gasteiger charge is 2.26. The van der Waals surface area contributed by atoms with E-state index in [1.54, 1.807) is 31.5 Å². The molecule has 2 aromatic rings. The first-order valence-electron chi connectivity index (χ1n) is 9.58. The molecule has 8 heteroatoms. The molecule has 0 spiro atoms. The molecule has 0 unspecified atom stereocenters. The lowest BCUT2D eigenvalue weighted by atomic mass is 9.86. The Bertz CT molecular complexity index is 850. The van der Waals surface area contributed by atoms with E-state index in [0.29, 0.717) is 43.1 Å². The van der Waals surface area contributed by atoms with E-state index in [1.807, 2.05) is 18.2 Å². The number of aromatic nitrogens is 1. The monoisotopic (exact) mass is 399 g/mol. The zero-order valence-electron chi connectivity index (χ0n) is 16.3. The maximum atomic E-state index is 12.2. The van der Waals surface area contributed by atoms with Gasteiger partial charge in [-0.25, -0.2) is 9.78 Å². The van der Waals surface area contributed by atoms with Gasteiger partial charge in [-0.3, -0.25) is 4.79 Å². The number of ether oxygens (including phenoxy) is 2. The number of carbonyl (C=O) groups is 2. The molecule has 0 radical (unpaired) electrons. The third-order valence-electron chi connectivity index (χ3n) is 4.96. The summed E-state index contributed by atoms with van der Waals surface area (Å²) in [5, 5.41) is 14.8. The summed E-state index contributed by atoms with van der Waals surface area (Å²) in [4.78, 5) is 27.5. The molecule has 3 rings (SSSR count). The summed E-state index contributed by atoms with van der Waals surface area (Å²) in [7, 11) is 1.59. The average Bonchev–Trinajstić information content (AvgIpc) is 2.73. The molecule has 8 nitrogen and oxygen atoms in total. The van der Waals surface area contributed by atoms with Crippen molar-refractivity contribution in [1.29, 1.82) is 0 Å². The van der Waals surface area contributed by atoms with E-state index in [-0.39, 0.29) is 24.5 Å². The number of benzene rings is 1. The summed E-state index contributed by atoms with van der Waals surface area (Å²) in [6.07, 6.45) is 4.13. The Morgan fingerprint density at radius 2 is 1.90 bits per heavy atom.